The number of aromatic hydroxyl groups is 2. The highest BCUT2D eigenvalue weighted by molar-refractivity contribution is 5.77. The number of ether oxygens (including phenoxy) is 1. The highest BCUT2D eigenvalue weighted by Gasteiger charge is 2.50. The summed E-state index contributed by atoms with van der Waals surface area (Å²) in [5, 5.41) is 67.2. The molecule has 0 heterocycles. The van der Waals surface area contributed by atoms with Crippen LogP contribution in [-0.4, -0.2) is 71.6 Å². The van der Waals surface area contributed by atoms with Gasteiger partial charge in [0.05, 0.1) is 18.6 Å². The molecular formula is C16H20O10. The molecule has 1 saturated carbocycles. The fourth-order valence-corrected chi connectivity index (χ4v) is 2.78. The molecule has 0 spiro atoms. The minimum Gasteiger partial charge on any atom is -0.504 e. The van der Waals surface area contributed by atoms with Crippen molar-refractivity contribution in [2.45, 2.75) is 49.3 Å². The van der Waals surface area contributed by atoms with Crippen LogP contribution in [0.1, 0.15) is 30.9 Å². The first-order valence-corrected chi connectivity index (χ1v) is 7.75. The van der Waals surface area contributed by atoms with Gasteiger partial charge in [0.2, 0.25) is 0 Å². The lowest BCUT2D eigenvalue weighted by Crippen LogP contribution is -2.57. The summed E-state index contributed by atoms with van der Waals surface area (Å²) in [7, 11) is 0. The minimum atomic E-state index is -2.36. The van der Waals surface area contributed by atoms with Crippen LogP contribution >= 0.6 is 0 Å². The van der Waals surface area contributed by atoms with E-state index in [2.05, 4.69) is 0 Å². The standard InChI is InChI=1S/C16H20O10/c17-8-2-1-7(3-10(8)19)9(18)4-13(21)26-12-6-16(25,15(23)24)5-11(20)14(12)22/h1-3,9,11-12,14,17-20,22,25H,4-6H2,(H,23,24)/t9-,11+,12+,14+,16-/m0/s1. The largest absolute Gasteiger partial charge is 0.504 e. The molecular weight excluding hydrogens is 352 g/mol. The van der Waals surface area contributed by atoms with E-state index in [1.807, 2.05) is 0 Å². The van der Waals surface area contributed by atoms with Crippen molar-refractivity contribution in [3.05, 3.63) is 23.8 Å². The average molecular weight is 372 g/mol. The van der Waals surface area contributed by atoms with Crippen molar-refractivity contribution >= 4 is 11.9 Å². The second-order valence-corrected chi connectivity index (χ2v) is 6.30. The van der Waals surface area contributed by atoms with Gasteiger partial charge in [0.25, 0.3) is 0 Å². The maximum Gasteiger partial charge on any atom is 0.335 e. The summed E-state index contributed by atoms with van der Waals surface area (Å²) in [6.07, 6.45) is -7.93. The molecule has 1 aliphatic carbocycles. The number of benzene rings is 1. The Bertz CT molecular complexity index is 690. The van der Waals surface area contributed by atoms with E-state index in [1.165, 1.54) is 6.07 Å². The summed E-state index contributed by atoms with van der Waals surface area (Å²) in [5.74, 6) is -3.54. The van der Waals surface area contributed by atoms with Gasteiger partial charge in [0.1, 0.15) is 12.2 Å². The number of carboxylic acid groups (broad SMARTS) is 1. The highest BCUT2D eigenvalue weighted by Crippen LogP contribution is 2.32. The lowest BCUT2D eigenvalue weighted by molar-refractivity contribution is -0.199. The molecule has 2 rings (SSSR count). The maximum absolute atomic E-state index is 12.0. The molecule has 1 aromatic carbocycles. The van der Waals surface area contributed by atoms with Gasteiger partial charge in [-0.1, -0.05) is 6.07 Å². The van der Waals surface area contributed by atoms with E-state index in [0.29, 0.717) is 0 Å². The Morgan fingerprint density at radius 3 is 2.42 bits per heavy atom. The molecule has 1 fully saturated rings. The predicted octanol–water partition coefficient (Wildman–Crippen LogP) is -1.24. The monoisotopic (exact) mass is 372 g/mol. The molecule has 1 aliphatic rings. The van der Waals surface area contributed by atoms with Gasteiger partial charge >= 0.3 is 11.9 Å². The summed E-state index contributed by atoms with van der Waals surface area (Å²) in [5.41, 5.74) is -2.24. The first-order chi connectivity index (χ1) is 12.0. The second-order valence-electron chi connectivity index (χ2n) is 6.30. The zero-order chi connectivity index (χ0) is 19.6. The van der Waals surface area contributed by atoms with Crippen LogP contribution in [-0.2, 0) is 14.3 Å². The Hall–Kier alpha value is -2.40. The van der Waals surface area contributed by atoms with Gasteiger partial charge in [0.15, 0.2) is 17.1 Å². The van der Waals surface area contributed by atoms with E-state index in [-0.39, 0.29) is 5.56 Å². The molecule has 0 aliphatic heterocycles. The number of hydrogen-bond acceptors (Lipinski definition) is 9. The van der Waals surface area contributed by atoms with Crippen LogP contribution in [0.4, 0.5) is 0 Å². The number of aliphatic carboxylic acids is 1. The number of hydrogen-bond donors (Lipinski definition) is 7. The van der Waals surface area contributed by atoms with Crippen LogP contribution in [0.3, 0.4) is 0 Å². The van der Waals surface area contributed by atoms with Gasteiger partial charge in [-0.3, -0.25) is 4.79 Å². The summed E-state index contributed by atoms with van der Waals surface area (Å²) in [6, 6.07) is 3.44. The van der Waals surface area contributed by atoms with E-state index in [4.69, 9.17) is 9.84 Å². The zero-order valence-corrected chi connectivity index (χ0v) is 13.5. The van der Waals surface area contributed by atoms with E-state index in [9.17, 15) is 40.2 Å². The Morgan fingerprint density at radius 2 is 1.85 bits per heavy atom. The molecule has 144 valence electrons. The van der Waals surface area contributed by atoms with E-state index in [1.54, 1.807) is 0 Å². The van der Waals surface area contributed by atoms with Crippen LogP contribution in [0.5, 0.6) is 11.5 Å². The molecule has 0 unspecified atom stereocenters. The lowest BCUT2D eigenvalue weighted by atomic mass is 9.79. The molecule has 5 atom stereocenters. The molecule has 0 saturated heterocycles. The summed E-state index contributed by atoms with van der Waals surface area (Å²) >= 11 is 0. The van der Waals surface area contributed by atoms with Gasteiger partial charge in [-0.25, -0.2) is 4.79 Å². The van der Waals surface area contributed by atoms with Gasteiger partial charge in [-0.05, 0) is 17.7 Å². The third kappa shape index (κ3) is 4.22. The fraction of sp³-hybridized carbons (Fsp3) is 0.500. The third-order valence-corrected chi connectivity index (χ3v) is 4.29. The Morgan fingerprint density at radius 1 is 1.19 bits per heavy atom. The first kappa shape index (κ1) is 19.9. The van der Waals surface area contributed by atoms with E-state index >= 15 is 0 Å². The van der Waals surface area contributed by atoms with Crippen LogP contribution in [0.15, 0.2) is 18.2 Å². The summed E-state index contributed by atoms with van der Waals surface area (Å²) in [6.45, 7) is 0. The maximum atomic E-state index is 12.0. The number of carbonyl (C=O) groups is 2. The van der Waals surface area contributed by atoms with Crippen LogP contribution < -0.4 is 0 Å². The number of phenolic OH excluding ortho intramolecular Hbond substituents is 2. The molecule has 0 amide bonds. The van der Waals surface area contributed by atoms with Crippen molar-refractivity contribution in [1.29, 1.82) is 0 Å². The van der Waals surface area contributed by atoms with E-state index in [0.717, 1.165) is 12.1 Å². The Kier molecular flexibility index (Phi) is 5.71. The molecule has 26 heavy (non-hydrogen) atoms. The molecule has 0 radical (unpaired) electrons. The average Bonchev–Trinajstić information content (AvgIpc) is 2.54. The zero-order valence-electron chi connectivity index (χ0n) is 13.5. The summed E-state index contributed by atoms with van der Waals surface area (Å²) < 4.78 is 4.92. The number of esters is 1. The number of phenols is 2. The fourth-order valence-electron chi connectivity index (χ4n) is 2.78. The SMILES string of the molecule is O=C(C[C@H](O)c1ccc(O)c(O)c1)O[C@@H]1C[C@](O)(C(=O)O)C[C@@H](O)[C@H]1O. The normalized spacial score (nSPS) is 29.8. The number of aliphatic hydroxyl groups is 4. The number of carboxylic acids is 1. The smallest absolute Gasteiger partial charge is 0.335 e. The highest BCUT2D eigenvalue weighted by atomic mass is 16.6. The van der Waals surface area contributed by atoms with Crippen molar-refractivity contribution in [2.24, 2.45) is 0 Å². The van der Waals surface area contributed by atoms with Gasteiger partial charge in [0, 0.05) is 12.8 Å². The summed E-state index contributed by atoms with van der Waals surface area (Å²) in [4.78, 5) is 23.1. The number of aliphatic hydroxyl groups excluding tert-OH is 3. The Labute approximate surface area is 147 Å². The van der Waals surface area contributed by atoms with Crippen LogP contribution in [0.25, 0.3) is 0 Å². The molecule has 0 bridgehead atoms. The second kappa shape index (κ2) is 7.46. The molecule has 10 heteroatoms. The number of carbonyl (C=O) groups excluding carboxylic acids is 1. The van der Waals surface area contributed by atoms with Gasteiger partial charge in [-0.15, -0.1) is 0 Å². The Balaban J connectivity index is 2.03. The van der Waals surface area contributed by atoms with Crippen molar-refractivity contribution in [2.75, 3.05) is 0 Å². The molecule has 1 aromatic rings. The molecule has 0 aromatic heterocycles. The number of rotatable bonds is 5. The predicted molar refractivity (Wildman–Crippen MR) is 83.1 cm³/mol. The van der Waals surface area contributed by atoms with Crippen molar-refractivity contribution < 1.29 is 50.1 Å². The van der Waals surface area contributed by atoms with Crippen molar-refractivity contribution in [3.8, 4) is 11.5 Å². The van der Waals surface area contributed by atoms with Crippen molar-refractivity contribution in [1.82, 2.24) is 0 Å². The van der Waals surface area contributed by atoms with Gasteiger partial charge < -0.3 is 40.5 Å². The van der Waals surface area contributed by atoms with Crippen LogP contribution in [0.2, 0.25) is 0 Å². The van der Waals surface area contributed by atoms with Crippen LogP contribution in [0, 0.1) is 0 Å². The lowest BCUT2D eigenvalue weighted by Gasteiger charge is -2.39. The van der Waals surface area contributed by atoms with E-state index < -0.39 is 72.7 Å². The first-order valence-electron chi connectivity index (χ1n) is 7.75. The topological polar surface area (TPSA) is 185 Å². The van der Waals surface area contributed by atoms with Gasteiger partial charge in [-0.2, -0.15) is 0 Å². The van der Waals surface area contributed by atoms with Crippen molar-refractivity contribution in [3.63, 3.8) is 0 Å². The molecule has 7 N–H and O–H groups in total. The quantitative estimate of drug-likeness (QED) is 0.244. The molecule has 10 nitrogen and oxygen atoms in total. The third-order valence-electron chi connectivity index (χ3n) is 4.29. The minimum absolute atomic E-state index is 0.114.